The molecule has 12 heavy (non-hydrogen) atoms. The molecule has 1 rings (SSSR count). The number of rotatable bonds is 1. The van der Waals surface area contributed by atoms with Crippen LogP contribution < -0.4 is 0 Å². The Bertz CT molecular complexity index is 150. The third-order valence-electron chi connectivity index (χ3n) is 1.84. The van der Waals surface area contributed by atoms with Gasteiger partial charge in [0.05, 0.1) is 5.88 Å². The summed E-state index contributed by atoms with van der Waals surface area (Å²) in [4.78, 5) is 0. The van der Waals surface area contributed by atoms with Crippen LogP contribution in [0.15, 0.2) is 0 Å². The Balaban J connectivity index is 2.63. The van der Waals surface area contributed by atoms with Crippen LogP contribution in [0.1, 0.15) is 0 Å². The minimum absolute atomic E-state index is 0.0536. The number of hydrogen-bond donors (Lipinski definition) is 4. The van der Waals surface area contributed by atoms with E-state index < -0.39 is 30.7 Å². The summed E-state index contributed by atoms with van der Waals surface area (Å²) in [6, 6.07) is 0. The van der Waals surface area contributed by atoms with Gasteiger partial charge in [0.2, 0.25) is 0 Å². The molecule has 1 unspecified atom stereocenters. The van der Waals surface area contributed by atoms with Crippen molar-refractivity contribution in [3.8, 4) is 0 Å². The maximum Gasteiger partial charge on any atom is 0.184 e. The fourth-order valence-corrected chi connectivity index (χ4v) is 1.31. The summed E-state index contributed by atoms with van der Waals surface area (Å²) >= 11 is 5.36. The standard InChI is InChI=1S/C6H11ClO5/c7-1-2-3(8)4(9)5(10)6(11)12-2/h2-6,8-11H,1H2/t2-,3-,4-,5-,6?/m1/s1. The Morgan fingerprint density at radius 3 is 2.08 bits per heavy atom. The van der Waals surface area contributed by atoms with E-state index in [0.717, 1.165) is 0 Å². The quantitative estimate of drug-likeness (QED) is 0.367. The zero-order valence-corrected chi connectivity index (χ0v) is 6.92. The molecule has 0 amide bonds. The molecular weight excluding hydrogens is 188 g/mol. The maximum absolute atomic E-state index is 9.20. The molecule has 1 aliphatic rings. The van der Waals surface area contributed by atoms with Crippen molar-refractivity contribution in [2.45, 2.75) is 30.7 Å². The van der Waals surface area contributed by atoms with Crippen LogP contribution in [0.5, 0.6) is 0 Å². The van der Waals surface area contributed by atoms with E-state index in [0.29, 0.717) is 0 Å². The highest BCUT2D eigenvalue weighted by atomic mass is 35.5. The van der Waals surface area contributed by atoms with Crippen molar-refractivity contribution < 1.29 is 25.2 Å². The van der Waals surface area contributed by atoms with Crippen LogP contribution >= 0.6 is 11.6 Å². The Kier molecular flexibility index (Phi) is 3.28. The van der Waals surface area contributed by atoms with Crippen molar-refractivity contribution in [2.24, 2.45) is 0 Å². The maximum atomic E-state index is 9.20. The Hall–Kier alpha value is 0.0900. The summed E-state index contributed by atoms with van der Waals surface area (Å²) < 4.78 is 4.69. The molecule has 1 heterocycles. The van der Waals surface area contributed by atoms with Gasteiger partial charge in [-0.05, 0) is 0 Å². The first-order valence-corrected chi connectivity index (χ1v) is 4.05. The molecule has 0 saturated carbocycles. The highest BCUT2D eigenvalue weighted by Crippen LogP contribution is 2.20. The molecule has 0 aromatic rings. The second-order valence-corrected chi connectivity index (χ2v) is 3.00. The van der Waals surface area contributed by atoms with Crippen LogP contribution in [-0.4, -0.2) is 57.0 Å². The monoisotopic (exact) mass is 198 g/mol. The van der Waals surface area contributed by atoms with Gasteiger partial charge in [0.1, 0.15) is 24.4 Å². The zero-order valence-electron chi connectivity index (χ0n) is 6.17. The Labute approximate surface area is 74.2 Å². The van der Waals surface area contributed by atoms with E-state index in [-0.39, 0.29) is 5.88 Å². The van der Waals surface area contributed by atoms with Crippen LogP contribution in [-0.2, 0) is 4.74 Å². The second kappa shape index (κ2) is 3.87. The normalized spacial score (nSPS) is 49.2. The van der Waals surface area contributed by atoms with E-state index in [4.69, 9.17) is 31.7 Å². The summed E-state index contributed by atoms with van der Waals surface area (Å²) in [7, 11) is 0. The summed E-state index contributed by atoms with van der Waals surface area (Å²) in [6.07, 6.45) is -6.51. The van der Waals surface area contributed by atoms with Crippen LogP contribution in [0.25, 0.3) is 0 Å². The van der Waals surface area contributed by atoms with Gasteiger partial charge in [-0.25, -0.2) is 0 Å². The van der Waals surface area contributed by atoms with E-state index in [1.807, 2.05) is 0 Å². The number of ether oxygens (including phenoxy) is 1. The number of alkyl halides is 1. The number of halogens is 1. The molecule has 6 heteroatoms. The zero-order chi connectivity index (χ0) is 9.30. The molecule has 0 aliphatic carbocycles. The molecule has 1 fully saturated rings. The highest BCUT2D eigenvalue weighted by molar-refractivity contribution is 6.18. The minimum Gasteiger partial charge on any atom is -0.388 e. The van der Waals surface area contributed by atoms with Gasteiger partial charge in [0.25, 0.3) is 0 Å². The molecule has 1 aliphatic heterocycles. The van der Waals surface area contributed by atoms with Gasteiger partial charge in [-0.1, -0.05) is 0 Å². The lowest BCUT2D eigenvalue weighted by molar-refractivity contribution is -0.276. The largest absolute Gasteiger partial charge is 0.388 e. The first-order valence-electron chi connectivity index (χ1n) is 3.51. The predicted molar refractivity (Wildman–Crippen MR) is 39.6 cm³/mol. The fourth-order valence-electron chi connectivity index (χ4n) is 1.06. The lowest BCUT2D eigenvalue weighted by Gasteiger charge is -2.37. The Morgan fingerprint density at radius 2 is 1.58 bits per heavy atom. The first kappa shape index (κ1) is 10.2. The van der Waals surface area contributed by atoms with Gasteiger partial charge < -0.3 is 25.2 Å². The van der Waals surface area contributed by atoms with Gasteiger partial charge in [-0.3, -0.25) is 0 Å². The molecule has 0 aromatic carbocycles. The summed E-state index contributed by atoms with van der Waals surface area (Å²) in [5, 5.41) is 36.3. The van der Waals surface area contributed by atoms with Crippen LogP contribution in [0.4, 0.5) is 0 Å². The van der Waals surface area contributed by atoms with Gasteiger partial charge in [0, 0.05) is 0 Å². The van der Waals surface area contributed by atoms with Crippen molar-refractivity contribution in [3.63, 3.8) is 0 Å². The Morgan fingerprint density at radius 1 is 1.00 bits per heavy atom. The van der Waals surface area contributed by atoms with Gasteiger partial charge in [-0.2, -0.15) is 0 Å². The van der Waals surface area contributed by atoms with Crippen LogP contribution in [0.3, 0.4) is 0 Å². The molecule has 0 spiro atoms. The number of aliphatic hydroxyl groups excluding tert-OH is 4. The second-order valence-electron chi connectivity index (χ2n) is 2.69. The fraction of sp³-hybridized carbons (Fsp3) is 1.00. The SMILES string of the molecule is OC1O[C@H](CCl)[C@@H](O)[C@@H](O)[C@H]1O. The summed E-state index contributed by atoms with van der Waals surface area (Å²) in [5.41, 5.74) is 0. The third kappa shape index (κ3) is 1.71. The third-order valence-corrected chi connectivity index (χ3v) is 2.14. The number of hydrogen-bond acceptors (Lipinski definition) is 5. The predicted octanol–water partition coefficient (Wildman–Crippen LogP) is -1.97. The van der Waals surface area contributed by atoms with Crippen molar-refractivity contribution in [2.75, 3.05) is 5.88 Å². The van der Waals surface area contributed by atoms with Crippen molar-refractivity contribution in [1.82, 2.24) is 0 Å². The molecule has 0 bridgehead atoms. The summed E-state index contributed by atoms with van der Waals surface area (Å²) in [5.74, 6) is -0.0536. The molecule has 5 atom stereocenters. The van der Waals surface area contributed by atoms with Gasteiger partial charge in [-0.15, -0.1) is 11.6 Å². The highest BCUT2D eigenvalue weighted by Gasteiger charge is 2.42. The smallest absolute Gasteiger partial charge is 0.184 e. The molecular formula is C6H11ClO5. The van der Waals surface area contributed by atoms with E-state index in [9.17, 15) is 5.11 Å². The molecule has 1 saturated heterocycles. The first-order chi connectivity index (χ1) is 5.57. The van der Waals surface area contributed by atoms with E-state index >= 15 is 0 Å². The molecule has 4 N–H and O–H groups in total. The topological polar surface area (TPSA) is 90.2 Å². The lowest BCUT2D eigenvalue weighted by Crippen LogP contribution is -2.57. The minimum atomic E-state index is -1.49. The van der Waals surface area contributed by atoms with Gasteiger partial charge >= 0.3 is 0 Å². The van der Waals surface area contributed by atoms with E-state index in [1.54, 1.807) is 0 Å². The molecule has 72 valence electrons. The van der Waals surface area contributed by atoms with E-state index in [2.05, 4.69) is 0 Å². The average Bonchev–Trinajstić information content (AvgIpc) is 2.08. The summed E-state index contributed by atoms with van der Waals surface area (Å²) in [6.45, 7) is 0. The van der Waals surface area contributed by atoms with Crippen molar-refractivity contribution >= 4 is 11.6 Å². The van der Waals surface area contributed by atoms with Crippen LogP contribution in [0, 0.1) is 0 Å². The van der Waals surface area contributed by atoms with Crippen molar-refractivity contribution in [3.05, 3.63) is 0 Å². The molecule has 0 radical (unpaired) electrons. The number of aliphatic hydroxyl groups is 4. The van der Waals surface area contributed by atoms with Crippen molar-refractivity contribution in [1.29, 1.82) is 0 Å². The molecule has 0 aromatic heterocycles. The average molecular weight is 199 g/mol. The van der Waals surface area contributed by atoms with Gasteiger partial charge in [0.15, 0.2) is 6.29 Å². The molecule has 5 nitrogen and oxygen atoms in total. The van der Waals surface area contributed by atoms with E-state index in [1.165, 1.54) is 0 Å². The van der Waals surface area contributed by atoms with Crippen LogP contribution in [0.2, 0.25) is 0 Å². The lowest BCUT2D eigenvalue weighted by atomic mass is 10.0.